The molecular weight excluding hydrogens is 246 g/mol. The quantitative estimate of drug-likeness (QED) is 0.617. The summed E-state index contributed by atoms with van der Waals surface area (Å²) in [4.78, 5) is 6.37. The summed E-state index contributed by atoms with van der Waals surface area (Å²) in [6, 6.07) is 0. The van der Waals surface area contributed by atoms with E-state index in [1.54, 1.807) is 6.34 Å². The van der Waals surface area contributed by atoms with Crippen molar-refractivity contribution in [3.05, 3.63) is 0 Å². The lowest BCUT2D eigenvalue weighted by atomic mass is 9.42. The Morgan fingerprint density at radius 2 is 2.06 bits per heavy atom. The molecule has 102 valence electrons. The molecule has 0 aromatic heterocycles. The van der Waals surface area contributed by atoms with Crippen LogP contribution in [0, 0.1) is 17.2 Å². The highest BCUT2D eigenvalue weighted by Crippen LogP contribution is 2.65. The van der Waals surface area contributed by atoms with Crippen molar-refractivity contribution in [2.75, 3.05) is 6.26 Å². The summed E-state index contributed by atoms with van der Waals surface area (Å²) in [5, 5.41) is 7.51. The van der Waals surface area contributed by atoms with Gasteiger partial charge >= 0.3 is 0 Å². The van der Waals surface area contributed by atoms with E-state index in [9.17, 15) is 4.21 Å². The van der Waals surface area contributed by atoms with Crippen molar-refractivity contribution < 1.29 is 4.21 Å². The summed E-state index contributed by atoms with van der Waals surface area (Å²) in [7, 11) is -1.30. The summed E-state index contributed by atoms with van der Waals surface area (Å²) >= 11 is 0. The van der Waals surface area contributed by atoms with Crippen LogP contribution >= 0.6 is 0 Å². The first-order chi connectivity index (χ1) is 8.18. The number of hydrogen-bond acceptors (Lipinski definition) is 2. The highest BCUT2D eigenvalue weighted by Gasteiger charge is 2.66. The van der Waals surface area contributed by atoms with E-state index in [4.69, 9.17) is 5.41 Å². The van der Waals surface area contributed by atoms with E-state index >= 15 is 0 Å². The molecule has 3 aliphatic rings. The van der Waals surface area contributed by atoms with Crippen LogP contribution < -0.4 is 0 Å². The van der Waals surface area contributed by atoms with Gasteiger partial charge in [0.2, 0.25) is 5.17 Å². The lowest BCUT2D eigenvalue weighted by Crippen LogP contribution is -2.77. The van der Waals surface area contributed by atoms with E-state index in [1.165, 1.54) is 19.1 Å². The maximum Gasteiger partial charge on any atom is 0.212 e. The van der Waals surface area contributed by atoms with Crippen molar-refractivity contribution in [3.8, 4) is 0 Å². The topological polar surface area (TPSA) is 56.5 Å². The molecule has 4 nitrogen and oxygen atoms in total. The van der Waals surface area contributed by atoms with Gasteiger partial charge in [0, 0.05) is 17.3 Å². The number of nitrogens with zero attached hydrogens (tertiary/aromatic N) is 2. The minimum atomic E-state index is -1.30. The fourth-order valence-electron chi connectivity index (χ4n) is 3.25. The maximum absolute atomic E-state index is 11.2. The van der Waals surface area contributed by atoms with Crippen LogP contribution in [-0.4, -0.2) is 37.9 Å². The van der Waals surface area contributed by atoms with Crippen LogP contribution in [0.25, 0.3) is 0 Å². The number of amidine groups is 1. The molecule has 3 rings (SSSR count). The van der Waals surface area contributed by atoms with Crippen LogP contribution in [0.4, 0.5) is 0 Å². The Morgan fingerprint density at radius 3 is 2.33 bits per heavy atom. The van der Waals surface area contributed by atoms with Crippen molar-refractivity contribution in [1.29, 1.82) is 5.41 Å². The molecule has 0 radical (unpaired) electrons. The molecule has 0 amide bonds. The summed E-state index contributed by atoms with van der Waals surface area (Å²) in [5.74, 6) is 1.59. The number of hydrogen-bond donors (Lipinski definition) is 1. The third kappa shape index (κ3) is 1.92. The van der Waals surface area contributed by atoms with Crippen LogP contribution in [-0.2, 0) is 10.8 Å². The second-order valence-electron chi connectivity index (χ2n) is 6.61. The molecule has 5 heteroatoms. The largest absolute Gasteiger partial charge is 0.352 e. The zero-order valence-corrected chi connectivity index (χ0v) is 12.7. The molecule has 0 spiro atoms. The molecule has 2 bridgehead atoms. The Hall–Kier alpha value is -0.710. The zero-order chi connectivity index (χ0) is 13.7. The van der Waals surface area contributed by atoms with Crippen LogP contribution in [0.5, 0.6) is 0 Å². The van der Waals surface area contributed by atoms with Gasteiger partial charge in [0.05, 0.1) is 17.1 Å². The second-order valence-corrected chi connectivity index (χ2v) is 7.90. The van der Waals surface area contributed by atoms with Gasteiger partial charge < -0.3 is 4.90 Å². The standard InChI is InChI=1S/C13H23N3OS/c1-9-10-6-13(9,7-10)16(12(2,3)4)8-15-11(14)18(5)17/h8-10,14H,6-7H2,1-5H3/t9-,10?,13?,18?/m1/s1. The normalized spacial score (nSPS) is 35.8. The van der Waals surface area contributed by atoms with Crippen molar-refractivity contribution in [1.82, 2.24) is 4.90 Å². The molecule has 18 heavy (non-hydrogen) atoms. The van der Waals surface area contributed by atoms with Gasteiger partial charge in [-0.3, -0.25) is 9.62 Å². The van der Waals surface area contributed by atoms with E-state index in [-0.39, 0.29) is 16.2 Å². The van der Waals surface area contributed by atoms with Gasteiger partial charge in [-0.2, -0.15) is 0 Å². The van der Waals surface area contributed by atoms with Gasteiger partial charge in [-0.15, -0.1) is 0 Å². The van der Waals surface area contributed by atoms with Crippen LogP contribution in [0.3, 0.4) is 0 Å². The molecule has 1 N–H and O–H groups in total. The highest BCUT2D eigenvalue weighted by molar-refractivity contribution is 7.99. The van der Waals surface area contributed by atoms with E-state index in [0.717, 1.165) is 5.92 Å². The van der Waals surface area contributed by atoms with Gasteiger partial charge in [0.25, 0.3) is 0 Å². The highest BCUT2D eigenvalue weighted by atomic mass is 32.2. The molecule has 0 heterocycles. The third-order valence-electron chi connectivity index (χ3n) is 4.55. The Morgan fingerprint density at radius 1 is 1.50 bits per heavy atom. The Balaban J connectivity index is 2.18. The van der Waals surface area contributed by atoms with Crippen molar-refractivity contribution >= 4 is 22.3 Å². The molecule has 0 saturated heterocycles. The molecule has 0 aliphatic heterocycles. The van der Waals surface area contributed by atoms with Gasteiger partial charge in [-0.25, -0.2) is 4.99 Å². The predicted molar refractivity (Wildman–Crippen MR) is 76.5 cm³/mol. The van der Waals surface area contributed by atoms with E-state index in [1.807, 2.05) is 0 Å². The average Bonchev–Trinajstić information content (AvgIpc) is 2.19. The smallest absolute Gasteiger partial charge is 0.212 e. The summed E-state index contributed by atoms with van der Waals surface area (Å²) in [5.41, 5.74) is 0.223. The number of nitrogens with one attached hydrogen (secondary N) is 1. The van der Waals surface area contributed by atoms with E-state index < -0.39 is 10.8 Å². The Kier molecular flexibility index (Phi) is 3.16. The summed E-state index contributed by atoms with van der Waals surface area (Å²) < 4.78 is 11.2. The second kappa shape index (κ2) is 4.15. The van der Waals surface area contributed by atoms with Gasteiger partial charge in [-0.1, -0.05) is 6.92 Å². The third-order valence-corrected chi connectivity index (χ3v) is 5.20. The first kappa shape index (κ1) is 13.7. The molecule has 0 aromatic rings. The number of rotatable bonds is 2. The van der Waals surface area contributed by atoms with Crippen LogP contribution in [0.1, 0.15) is 40.5 Å². The zero-order valence-electron chi connectivity index (χ0n) is 11.9. The van der Waals surface area contributed by atoms with Gasteiger partial charge in [-0.05, 0) is 45.4 Å². The molecule has 3 aliphatic carbocycles. The van der Waals surface area contributed by atoms with Crippen molar-refractivity contribution in [2.24, 2.45) is 16.8 Å². The minimum Gasteiger partial charge on any atom is -0.352 e. The van der Waals surface area contributed by atoms with Crippen LogP contribution in [0.15, 0.2) is 4.99 Å². The first-order valence-corrected chi connectivity index (χ1v) is 8.00. The first-order valence-electron chi connectivity index (χ1n) is 6.44. The predicted octanol–water partition coefficient (Wildman–Crippen LogP) is 2.23. The fraction of sp³-hybridized carbons (Fsp3) is 0.846. The molecule has 3 fully saturated rings. The average molecular weight is 269 g/mol. The summed E-state index contributed by atoms with van der Waals surface area (Å²) in [6.07, 6.45) is 5.71. The fourth-order valence-corrected chi connectivity index (χ4v) is 3.44. The van der Waals surface area contributed by atoms with E-state index in [2.05, 4.69) is 37.6 Å². The Labute approximate surface area is 112 Å². The van der Waals surface area contributed by atoms with Crippen molar-refractivity contribution in [3.63, 3.8) is 0 Å². The molecule has 2 atom stereocenters. The van der Waals surface area contributed by atoms with E-state index in [0.29, 0.717) is 5.92 Å². The monoisotopic (exact) mass is 269 g/mol. The lowest BCUT2D eigenvalue weighted by molar-refractivity contribution is -0.195. The minimum absolute atomic E-state index is 0.0152. The van der Waals surface area contributed by atoms with Gasteiger partial charge in [0.15, 0.2) is 0 Å². The molecule has 1 unspecified atom stereocenters. The molecular formula is C13H23N3OS. The molecule has 3 saturated carbocycles. The van der Waals surface area contributed by atoms with Crippen molar-refractivity contribution in [2.45, 2.75) is 51.6 Å². The summed E-state index contributed by atoms with van der Waals surface area (Å²) in [6.45, 7) is 8.80. The van der Waals surface area contributed by atoms with Crippen LogP contribution in [0.2, 0.25) is 0 Å². The Bertz CT molecular complexity index is 418. The lowest BCUT2D eigenvalue weighted by Gasteiger charge is -2.73. The molecule has 0 aromatic carbocycles. The maximum atomic E-state index is 11.2. The number of aliphatic imine (C=N–C) groups is 1. The van der Waals surface area contributed by atoms with Gasteiger partial charge in [0.1, 0.15) is 0 Å². The SMILES string of the molecule is C[C@@H]1C2CC1(N(C=NC(=N)S(C)=O)C(C)(C)C)C2.